The Balaban J connectivity index is 1.29. The van der Waals surface area contributed by atoms with Crippen LogP contribution in [0.2, 0.25) is 5.02 Å². The minimum Gasteiger partial charge on any atom is -0.451 e. The summed E-state index contributed by atoms with van der Waals surface area (Å²) < 4.78 is 7.46. The number of hydrogen-bond acceptors (Lipinski definition) is 7. The Hall–Kier alpha value is -3.60. The Labute approximate surface area is 214 Å². The van der Waals surface area contributed by atoms with Crippen LogP contribution < -0.4 is 10.6 Å². The maximum Gasteiger partial charge on any atom is 0.293 e. The van der Waals surface area contributed by atoms with Gasteiger partial charge in [-0.05, 0) is 67.2 Å². The fourth-order valence-corrected chi connectivity index (χ4v) is 4.61. The molecule has 0 radical (unpaired) electrons. The van der Waals surface area contributed by atoms with Crippen molar-refractivity contribution >= 4 is 56.8 Å². The second kappa shape index (κ2) is 9.57. The van der Waals surface area contributed by atoms with E-state index in [1.54, 1.807) is 28.8 Å². The lowest BCUT2D eigenvalue weighted by Crippen LogP contribution is -2.34. The zero-order valence-electron chi connectivity index (χ0n) is 18.7. The largest absolute Gasteiger partial charge is 0.451 e. The molecule has 0 spiro atoms. The van der Waals surface area contributed by atoms with Crippen LogP contribution >= 0.6 is 35.2 Å². The molecule has 0 bridgehead atoms. The van der Waals surface area contributed by atoms with Crippen molar-refractivity contribution in [1.82, 2.24) is 25.1 Å². The van der Waals surface area contributed by atoms with Crippen LogP contribution in [0.15, 0.2) is 59.0 Å². The monoisotopic (exact) mass is 522 g/mol. The normalized spacial score (nSPS) is 11.1. The van der Waals surface area contributed by atoms with Gasteiger partial charge in [-0.1, -0.05) is 42.0 Å². The Morgan fingerprint density at radius 1 is 1.11 bits per heavy atom. The van der Waals surface area contributed by atoms with Gasteiger partial charge in [0.15, 0.2) is 16.7 Å². The van der Waals surface area contributed by atoms with Crippen molar-refractivity contribution in [3.05, 3.63) is 76.8 Å². The summed E-state index contributed by atoms with van der Waals surface area (Å²) in [5.41, 5.74) is 3.45. The lowest BCUT2D eigenvalue weighted by atomic mass is 10.1. The predicted molar refractivity (Wildman–Crippen MR) is 141 cm³/mol. The van der Waals surface area contributed by atoms with Crippen LogP contribution in [-0.2, 0) is 6.42 Å². The van der Waals surface area contributed by atoms with E-state index in [-0.39, 0.29) is 10.9 Å². The number of anilines is 1. The molecule has 0 aliphatic heterocycles. The second-order valence-corrected chi connectivity index (χ2v) is 9.48. The van der Waals surface area contributed by atoms with Crippen LogP contribution in [0.1, 0.15) is 28.9 Å². The summed E-state index contributed by atoms with van der Waals surface area (Å²) in [7, 11) is 0. The summed E-state index contributed by atoms with van der Waals surface area (Å²) in [5, 5.41) is 20.3. The summed E-state index contributed by atoms with van der Waals surface area (Å²) in [6.07, 6.45) is 0.746. The van der Waals surface area contributed by atoms with Crippen molar-refractivity contribution < 1.29 is 9.21 Å². The van der Waals surface area contributed by atoms with Crippen LogP contribution in [0, 0.1) is 6.92 Å². The standard InChI is InChI=1S/C24H19ClN6O2S2/c1-3-20-28-29-24-31(20)30-22(35-24)15-5-4-13(2)17(12-15)26-23(34)27-21(32)19-11-10-18(33-19)14-6-8-16(25)9-7-14/h4-12H,3H2,1-2H3,(H2,26,27,32,34). The maximum absolute atomic E-state index is 12.7. The van der Waals surface area contributed by atoms with E-state index in [4.69, 9.17) is 28.2 Å². The smallest absolute Gasteiger partial charge is 0.293 e. The summed E-state index contributed by atoms with van der Waals surface area (Å²) in [5.74, 6) is 1.08. The molecule has 8 nitrogen and oxygen atoms in total. The van der Waals surface area contributed by atoms with Gasteiger partial charge in [0.05, 0.1) is 0 Å². The predicted octanol–water partition coefficient (Wildman–Crippen LogP) is 5.76. The topological polar surface area (TPSA) is 97.3 Å². The van der Waals surface area contributed by atoms with Crippen molar-refractivity contribution in [3.63, 3.8) is 0 Å². The molecule has 0 aliphatic carbocycles. The molecule has 2 N–H and O–H groups in total. The average Bonchev–Trinajstić information content (AvgIpc) is 3.57. The number of furan rings is 1. The van der Waals surface area contributed by atoms with Crippen LogP contribution in [0.5, 0.6) is 0 Å². The first-order chi connectivity index (χ1) is 16.9. The van der Waals surface area contributed by atoms with Crippen molar-refractivity contribution in [2.24, 2.45) is 0 Å². The number of fused-ring (bicyclic) bond motifs is 1. The number of aryl methyl sites for hydroxylation is 2. The molecule has 0 atom stereocenters. The third kappa shape index (κ3) is 4.81. The van der Waals surface area contributed by atoms with E-state index in [0.29, 0.717) is 10.8 Å². The highest BCUT2D eigenvalue weighted by molar-refractivity contribution is 7.80. The van der Waals surface area contributed by atoms with E-state index in [1.807, 2.05) is 44.2 Å². The number of nitrogens with one attached hydrogen (secondary N) is 2. The number of carbonyl (C=O) groups excluding carboxylic acids is 1. The lowest BCUT2D eigenvalue weighted by molar-refractivity contribution is 0.0951. The van der Waals surface area contributed by atoms with Crippen molar-refractivity contribution in [3.8, 4) is 21.9 Å². The van der Waals surface area contributed by atoms with Gasteiger partial charge in [0.25, 0.3) is 5.91 Å². The van der Waals surface area contributed by atoms with Gasteiger partial charge >= 0.3 is 0 Å². The van der Waals surface area contributed by atoms with E-state index < -0.39 is 5.91 Å². The van der Waals surface area contributed by atoms with Gasteiger partial charge in [-0.25, -0.2) is 0 Å². The zero-order chi connectivity index (χ0) is 24.5. The second-order valence-electron chi connectivity index (χ2n) is 7.68. The van der Waals surface area contributed by atoms with Gasteiger partial charge in [0.1, 0.15) is 10.8 Å². The number of halogens is 1. The number of benzene rings is 2. The molecular weight excluding hydrogens is 504 g/mol. The highest BCUT2D eigenvalue weighted by atomic mass is 35.5. The molecule has 0 fully saturated rings. The fraction of sp³-hybridized carbons (Fsp3) is 0.125. The van der Waals surface area contributed by atoms with E-state index in [1.165, 1.54) is 11.3 Å². The number of amides is 1. The van der Waals surface area contributed by atoms with E-state index >= 15 is 0 Å². The van der Waals surface area contributed by atoms with Crippen molar-refractivity contribution in [2.75, 3.05) is 5.32 Å². The van der Waals surface area contributed by atoms with Gasteiger partial charge in [-0.3, -0.25) is 10.1 Å². The Bertz CT molecular complexity index is 1550. The number of thiocarbonyl (C=S) groups is 1. The molecule has 11 heteroatoms. The summed E-state index contributed by atoms with van der Waals surface area (Å²) >= 11 is 12.8. The van der Waals surface area contributed by atoms with Crippen molar-refractivity contribution in [1.29, 1.82) is 0 Å². The minimum absolute atomic E-state index is 0.149. The van der Waals surface area contributed by atoms with Gasteiger partial charge in [0.2, 0.25) is 4.96 Å². The third-order valence-corrected chi connectivity index (χ3v) is 6.69. The SMILES string of the molecule is CCc1nnc2sc(-c3ccc(C)c(NC(=S)NC(=O)c4ccc(-c5ccc(Cl)cc5)o4)c3)nn12. The molecule has 0 saturated carbocycles. The Morgan fingerprint density at radius 3 is 2.66 bits per heavy atom. The number of hydrogen-bond donors (Lipinski definition) is 2. The minimum atomic E-state index is -0.447. The molecule has 0 aliphatic rings. The number of nitrogens with zero attached hydrogens (tertiary/aromatic N) is 4. The number of carbonyl (C=O) groups is 1. The highest BCUT2D eigenvalue weighted by Gasteiger charge is 2.16. The molecule has 3 aromatic heterocycles. The van der Waals surface area contributed by atoms with Crippen molar-refractivity contribution in [2.45, 2.75) is 20.3 Å². The van der Waals surface area contributed by atoms with Gasteiger partial charge in [-0.2, -0.15) is 9.61 Å². The van der Waals surface area contributed by atoms with E-state index in [0.717, 1.165) is 44.6 Å². The molecule has 3 heterocycles. The molecule has 0 unspecified atom stereocenters. The highest BCUT2D eigenvalue weighted by Crippen LogP contribution is 2.29. The molecule has 176 valence electrons. The van der Waals surface area contributed by atoms with Gasteiger partial charge < -0.3 is 9.73 Å². The first kappa shape index (κ1) is 23.2. The van der Waals surface area contributed by atoms with E-state index in [9.17, 15) is 4.79 Å². The Morgan fingerprint density at radius 2 is 1.89 bits per heavy atom. The molecule has 0 saturated heterocycles. The Kier molecular flexibility index (Phi) is 6.33. The van der Waals surface area contributed by atoms with E-state index in [2.05, 4.69) is 25.9 Å². The quantitative estimate of drug-likeness (QED) is 0.283. The fourth-order valence-electron chi connectivity index (χ4n) is 3.43. The van der Waals surface area contributed by atoms with Crippen LogP contribution in [0.25, 0.3) is 26.9 Å². The van der Waals surface area contributed by atoms with Gasteiger partial charge in [0, 0.05) is 28.3 Å². The van der Waals surface area contributed by atoms with Crippen LogP contribution in [0.4, 0.5) is 5.69 Å². The third-order valence-electron chi connectivity index (χ3n) is 5.29. The average molecular weight is 523 g/mol. The molecule has 2 aromatic carbocycles. The first-order valence-corrected chi connectivity index (χ1v) is 12.3. The zero-order valence-corrected chi connectivity index (χ0v) is 21.1. The maximum atomic E-state index is 12.7. The summed E-state index contributed by atoms with van der Waals surface area (Å²) in [4.78, 5) is 13.4. The summed E-state index contributed by atoms with van der Waals surface area (Å²) in [6, 6.07) is 16.4. The first-order valence-electron chi connectivity index (χ1n) is 10.7. The lowest BCUT2D eigenvalue weighted by Gasteiger charge is -2.12. The molecule has 35 heavy (non-hydrogen) atoms. The summed E-state index contributed by atoms with van der Waals surface area (Å²) in [6.45, 7) is 3.97. The van der Waals surface area contributed by atoms with Crippen LogP contribution in [-0.4, -0.2) is 30.8 Å². The number of rotatable bonds is 5. The van der Waals surface area contributed by atoms with Crippen LogP contribution in [0.3, 0.4) is 0 Å². The molecule has 5 aromatic rings. The molecule has 5 rings (SSSR count). The molecule has 1 amide bonds. The number of aromatic nitrogens is 4. The van der Waals surface area contributed by atoms with Gasteiger partial charge in [-0.15, -0.1) is 10.2 Å². The molecular formula is C24H19ClN6O2S2.